The van der Waals surface area contributed by atoms with Gasteiger partial charge in [-0.1, -0.05) is 32.4 Å². The summed E-state index contributed by atoms with van der Waals surface area (Å²) in [6.07, 6.45) is 1.32. The number of carbonyl (C=O) groups is 2. The number of halogens is 1. The van der Waals surface area contributed by atoms with Gasteiger partial charge in [-0.3, -0.25) is 19.0 Å². The summed E-state index contributed by atoms with van der Waals surface area (Å²) in [4.78, 5) is 41.3. The predicted molar refractivity (Wildman–Crippen MR) is 115 cm³/mol. The number of hydrogen-bond donors (Lipinski definition) is 2. The van der Waals surface area contributed by atoms with Gasteiger partial charge in [0.05, 0.1) is 17.7 Å². The lowest BCUT2D eigenvalue weighted by Crippen LogP contribution is -2.43. The van der Waals surface area contributed by atoms with Crippen LogP contribution in [0.4, 0.5) is 5.69 Å². The maximum absolute atomic E-state index is 12.5. The van der Waals surface area contributed by atoms with Gasteiger partial charge < -0.3 is 10.6 Å². The number of carbonyl (C=O) groups excluding carboxylic acids is 2. The molecule has 0 unspecified atom stereocenters. The first-order valence-corrected chi connectivity index (χ1v) is 9.63. The third kappa shape index (κ3) is 6.42. The van der Waals surface area contributed by atoms with Crippen molar-refractivity contribution in [3.63, 3.8) is 0 Å². The van der Waals surface area contributed by atoms with E-state index in [9.17, 15) is 14.4 Å². The van der Waals surface area contributed by atoms with Gasteiger partial charge in [0, 0.05) is 27.6 Å². The number of anilines is 1. The minimum atomic E-state index is -0.600. The Kier molecular flexibility index (Phi) is 6.53. The number of aromatic nitrogens is 2. The summed E-state index contributed by atoms with van der Waals surface area (Å²) in [6, 6.07) is 6.30. The summed E-state index contributed by atoms with van der Waals surface area (Å²) >= 11 is 6.09. The minimum absolute atomic E-state index is 0.127. The number of rotatable bonds is 4. The fraction of sp³-hybridized carbons (Fsp3) is 0.429. The molecule has 0 saturated heterocycles. The second kappa shape index (κ2) is 8.37. The van der Waals surface area contributed by atoms with Crippen LogP contribution in [0.1, 0.15) is 41.5 Å². The number of benzene rings is 1. The van der Waals surface area contributed by atoms with E-state index in [2.05, 4.69) is 15.6 Å². The highest BCUT2D eigenvalue weighted by atomic mass is 35.5. The molecular formula is C21H27ClN4O3. The lowest BCUT2D eigenvalue weighted by molar-refractivity contribution is -0.123. The molecule has 1 heterocycles. The zero-order valence-electron chi connectivity index (χ0n) is 17.6. The highest BCUT2D eigenvalue weighted by molar-refractivity contribution is 6.31. The van der Waals surface area contributed by atoms with Crippen molar-refractivity contribution >= 4 is 29.1 Å². The topological polar surface area (TPSA) is 93.1 Å². The fourth-order valence-corrected chi connectivity index (χ4v) is 2.63. The van der Waals surface area contributed by atoms with Gasteiger partial charge in [-0.25, -0.2) is 4.98 Å². The number of amides is 2. The smallest absolute Gasteiger partial charge is 0.254 e. The van der Waals surface area contributed by atoms with Crippen molar-refractivity contribution in [2.24, 2.45) is 5.41 Å². The SMILES string of the molecule is CC(C)(C)NC(=O)Cn1cnc(-c2ccc(Cl)cc2NC(=O)C(C)(C)C)cc1=O. The summed E-state index contributed by atoms with van der Waals surface area (Å²) in [5.74, 6) is -0.466. The Hall–Kier alpha value is -2.67. The van der Waals surface area contributed by atoms with E-state index in [1.54, 1.807) is 39.0 Å². The van der Waals surface area contributed by atoms with Crippen LogP contribution in [0.5, 0.6) is 0 Å². The summed E-state index contributed by atoms with van der Waals surface area (Å²) in [5.41, 5.74) is 0.0439. The van der Waals surface area contributed by atoms with Crippen molar-refractivity contribution in [1.82, 2.24) is 14.9 Å². The van der Waals surface area contributed by atoms with Gasteiger partial charge >= 0.3 is 0 Å². The molecule has 0 atom stereocenters. The Morgan fingerprint density at radius 2 is 1.76 bits per heavy atom. The highest BCUT2D eigenvalue weighted by Gasteiger charge is 2.23. The molecule has 0 bridgehead atoms. The van der Waals surface area contributed by atoms with Crippen molar-refractivity contribution in [3.8, 4) is 11.3 Å². The van der Waals surface area contributed by atoms with Crippen LogP contribution in [-0.4, -0.2) is 26.9 Å². The van der Waals surface area contributed by atoms with Crippen LogP contribution >= 0.6 is 11.6 Å². The maximum Gasteiger partial charge on any atom is 0.254 e. The molecule has 156 valence electrons. The monoisotopic (exact) mass is 418 g/mol. The first-order chi connectivity index (χ1) is 13.3. The van der Waals surface area contributed by atoms with E-state index in [1.165, 1.54) is 17.0 Å². The van der Waals surface area contributed by atoms with Crippen LogP contribution in [0.3, 0.4) is 0 Å². The van der Waals surface area contributed by atoms with Crippen molar-refractivity contribution < 1.29 is 9.59 Å². The number of nitrogens with zero attached hydrogens (tertiary/aromatic N) is 2. The van der Waals surface area contributed by atoms with E-state index in [0.29, 0.717) is 22.0 Å². The van der Waals surface area contributed by atoms with Crippen LogP contribution in [0.15, 0.2) is 35.4 Å². The highest BCUT2D eigenvalue weighted by Crippen LogP contribution is 2.30. The summed E-state index contributed by atoms with van der Waals surface area (Å²) < 4.78 is 1.23. The Morgan fingerprint density at radius 3 is 2.31 bits per heavy atom. The Labute approximate surface area is 175 Å². The van der Waals surface area contributed by atoms with Gasteiger partial charge in [-0.05, 0) is 39.0 Å². The Balaban J connectivity index is 2.34. The summed E-state index contributed by atoms with van der Waals surface area (Å²) in [7, 11) is 0. The van der Waals surface area contributed by atoms with E-state index < -0.39 is 11.0 Å². The molecule has 0 aliphatic rings. The molecule has 0 saturated carbocycles. The quantitative estimate of drug-likeness (QED) is 0.795. The van der Waals surface area contributed by atoms with E-state index >= 15 is 0 Å². The molecule has 2 rings (SSSR count). The van der Waals surface area contributed by atoms with Crippen molar-refractivity contribution in [1.29, 1.82) is 0 Å². The third-order valence-corrected chi connectivity index (χ3v) is 4.13. The average molecular weight is 419 g/mol. The molecule has 0 aliphatic heterocycles. The van der Waals surface area contributed by atoms with Crippen LogP contribution in [0, 0.1) is 5.41 Å². The molecule has 7 nitrogen and oxygen atoms in total. The van der Waals surface area contributed by atoms with Gasteiger partial charge in [-0.15, -0.1) is 0 Å². The molecule has 0 aliphatic carbocycles. The van der Waals surface area contributed by atoms with Gasteiger partial charge in [0.2, 0.25) is 11.8 Å². The number of hydrogen-bond acceptors (Lipinski definition) is 4. The Morgan fingerprint density at radius 1 is 1.10 bits per heavy atom. The lowest BCUT2D eigenvalue weighted by atomic mass is 9.95. The largest absolute Gasteiger partial charge is 0.350 e. The van der Waals surface area contributed by atoms with E-state index in [0.717, 1.165) is 0 Å². The zero-order valence-corrected chi connectivity index (χ0v) is 18.3. The zero-order chi connectivity index (χ0) is 22.0. The number of nitrogens with one attached hydrogen (secondary N) is 2. The molecular weight excluding hydrogens is 392 g/mol. The first-order valence-electron chi connectivity index (χ1n) is 9.25. The standard InChI is InChI=1S/C21H27ClN4O3/c1-20(2,3)19(29)24-16-9-13(22)7-8-14(16)15-10-18(28)26(12-23-15)11-17(27)25-21(4,5)6/h7-10,12H,11H2,1-6H3,(H,24,29)(H,25,27). The molecule has 0 radical (unpaired) electrons. The summed E-state index contributed by atoms with van der Waals surface area (Å²) in [6.45, 7) is 10.9. The fourth-order valence-electron chi connectivity index (χ4n) is 2.46. The predicted octanol–water partition coefficient (Wildman–Crippen LogP) is 3.46. The van der Waals surface area contributed by atoms with E-state index in [1.807, 2.05) is 20.8 Å². The average Bonchev–Trinajstić information content (AvgIpc) is 2.54. The molecule has 8 heteroatoms. The van der Waals surface area contributed by atoms with E-state index in [-0.39, 0.29) is 23.9 Å². The summed E-state index contributed by atoms with van der Waals surface area (Å²) in [5, 5.41) is 6.10. The van der Waals surface area contributed by atoms with E-state index in [4.69, 9.17) is 11.6 Å². The van der Waals surface area contributed by atoms with Gasteiger partial charge in [0.15, 0.2) is 0 Å². The van der Waals surface area contributed by atoms with Gasteiger partial charge in [0.1, 0.15) is 6.54 Å². The lowest BCUT2D eigenvalue weighted by Gasteiger charge is -2.21. The maximum atomic E-state index is 12.5. The molecule has 0 fully saturated rings. The van der Waals surface area contributed by atoms with Crippen LogP contribution in [-0.2, 0) is 16.1 Å². The van der Waals surface area contributed by atoms with Crippen molar-refractivity contribution in [2.45, 2.75) is 53.6 Å². The van der Waals surface area contributed by atoms with Crippen LogP contribution in [0.25, 0.3) is 11.3 Å². The third-order valence-electron chi connectivity index (χ3n) is 3.89. The normalized spacial score (nSPS) is 11.8. The molecule has 0 spiro atoms. The molecule has 1 aromatic carbocycles. The van der Waals surface area contributed by atoms with Crippen molar-refractivity contribution in [2.75, 3.05) is 5.32 Å². The van der Waals surface area contributed by atoms with Crippen molar-refractivity contribution in [3.05, 3.63) is 46.0 Å². The molecule has 1 aromatic heterocycles. The minimum Gasteiger partial charge on any atom is -0.350 e. The molecule has 2 amide bonds. The molecule has 2 aromatic rings. The molecule has 29 heavy (non-hydrogen) atoms. The second-order valence-electron chi connectivity index (χ2n) is 8.93. The van der Waals surface area contributed by atoms with Gasteiger partial charge in [-0.2, -0.15) is 0 Å². The second-order valence-corrected chi connectivity index (χ2v) is 9.37. The first kappa shape index (κ1) is 22.6. The Bertz CT molecular complexity index is 985. The van der Waals surface area contributed by atoms with Gasteiger partial charge in [0.25, 0.3) is 5.56 Å². The van der Waals surface area contributed by atoms with Crippen LogP contribution < -0.4 is 16.2 Å². The molecule has 2 N–H and O–H groups in total. The van der Waals surface area contributed by atoms with Crippen LogP contribution in [0.2, 0.25) is 5.02 Å².